The summed E-state index contributed by atoms with van der Waals surface area (Å²) in [5, 5.41) is 21.6. The van der Waals surface area contributed by atoms with Gasteiger partial charge in [0.2, 0.25) is 0 Å². The second kappa shape index (κ2) is 13.3. The van der Waals surface area contributed by atoms with Gasteiger partial charge in [0, 0.05) is 37.3 Å². The first-order valence-electron chi connectivity index (χ1n) is 15.2. The minimum Gasteiger partial charge on any atom is -0.444 e. The van der Waals surface area contributed by atoms with E-state index in [0.717, 1.165) is 23.8 Å². The fourth-order valence-electron chi connectivity index (χ4n) is 5.70. The van der Waals surface area contributed by atoms with Gasteiger partial charge in [0.15, 0.2) is 0 Å². The Balaban J connectivity index is 1.80. The molecule has 2 heterocycles. The lowest BCUT2D eigenvalue weighted by Gasteiger charge is -2.42. The van der Waals surface area contributed by atoms with Crippen LogP contribution in [0.25, 0.3) is 11.3 Å². The lowest BCUT2D eigenvalue weighted by molar-refractivity contribution is -0.146. The second-order valence-electron chi connectivity index (χ2n) is 13.9. The van der Waals surface area contributed by atoms with E-state index in [0.29, 0.717) is 12.4 Å². The third kappa shape index (κ3) is 8.26. The van der Waals surface area contributed by atoms with Crippen LogP contribution in [0.1, 0.15) is 65.9 Å². The fraction of sp³-hybridized carbons (Fsp3) is 0.500. The van der Waals surface area contributed by atoms with Crippen molar-refractivity contribution in [2.75, 3.05) is 19.6 Å². The van der Waals surface area contributed by atoms with Crippen LogP contribution in [0.4, 0.5) is 13.6 Å². The summed E-state index contributed by atoms with van der Waals surface area (Å²) in [5.41, 5.74) is -0.323. The molecule has 45 heavy (non-hydrogen) atoms. The van der Waals surface area contributed by atoms with E-state index in [1.54, 1.807) is 27.0 Å². The molecule has 0 bridgehead atoms. The topological polar surface area (TPSA) is 108 Å². The van der Waals surface area contributed by atoms with Crippen molar-refractivity contribution in [3.8, 4) is 11.3 Å². The first kappa shape index (κ1) is 34.1. The van der Waals surface area contributed by atoms with Crippen LogP contribution in [0, 0.1) is 23.0 Å². The first-order chi connectivity index (χ1) is 20.9. The van der Waals surface area contributed by atoms with Crippen molar-refractivity contribution in [3.05, 3.63) is 77.8 Å². The molecule has 4 rings (SSSR count). The predicted octanol–water partition coefficient (Wildman–Crippen LogP) is 5.40. The molecule has 1 aromatic heterocycles. The van der Waals surface area contributed by atoms with E-state index in [2.05, 4.69) is 0 Å². The highest BCUT2D eigenvalue weighted by Crippen LogP contribution is 2.41. The van der Waals surface area contributed by atoms with E-state index < -0.39 is 58.8 Å². The molecule has 2 aromatic carbocycles. The summed E-state index contributed by atoms with van der Waals surface area (Å²) in [6.45, 7) is 12.9. The van der Waals surface area contributed by atoms with Gasteiger partial charge < -0.3 is 29.3 Å². The van der Waals surface area contributed by atoms with Gasteiger partial charge in [-0.1, -0.05) is 51.1 Å². The molecule has 11 heteroatoms. The lowest BCUT2D eigenvalue weighted by atomic mass is 9.83. The van der Waals surface area contributed by atoms with Crippen molar-refractivity contribution in [1.82, 2.24) is 19.4 Å². The zero-order valence-corrected chi connectivity index (χ0v) is 27.0. The molecule has 3 aromatic rings. The van der Waals surface area contributed by atoms with Crippen molar-refractivity contribution in [1.29, 1.82) is 0 Å². The van der Waals surface area contributed by atoms with Gasteiger partial charge in [0.1, 0.15) is 29.2 Å². The number of hydrogen-bond donors (Lipinski definition) is 2. The number of aliphatic hydroxyl groups excluding tert-OH is 2. The fourth-order valence-corrected chi connectivity index (χ4v) is 5.70. The molecule has 1 saturated heterocycles. The van der Waals surface area contributed by atoms with Crippen LogP contribution >= 0.6 is 0 Å². The molecule has 0 unspecified atom stereocenters. The maximum Gasteiger partial charge on any atom is 0.410 e. The summed E-state index contributed by atoms with van der Waals surface area (Å²) in [4.78, 5) is 34.3. The average Bonchev–Trinajstić information content (AvgIpc) is 3.51. The van der Waals surface area contributed by atoms with Crippen LogP contribution in [0.5, 0.6) is 0 Å². The maximum atomic E-state index is 15.0. The largest absolute Gasteiger partial charge is 0.444 e. The molecular formula is C34H44F2N4O5. The van der Waals surface area contributed by atoms with Gasteiger partial charge in [-0.3, -0.25) is 4.79 Å². The molecule has 2 N–H and O–H groups in total. The second-order valence-corrected chi connectivity index (χ2v) is 13.9. The number of aliphatic hydroxyl groups is 2. The number of halogens is 2. The molecule has 9 nitrogen and oxygen atoms in total. The van der Waals surface area contributed by atoms with E-state index >= 15 is 0 Å². The molecule has 0 radical (unpaired) electrons. The highest BCUT2D eigenvalue weighted by molar-refractivity contribution is 5.81. The molecule has 0 aliphatic carbocycles. The predicted molar refractivity (Wildman–Crippen MR) is 166 cm³/mol. The number of aromatic nitrogens is 2. The highest BCUT2D eigenvalue weighted by Gasteiger charge is 2.44. The number of carbonyl (C=O) groups is 2. The average molecular weight is 627 g/mol. The van der Waals surface area contributed by atoms with Crippen molar-refractivity contribution < 1.29 is 33.3 Å². The maximum absolute atomic E-state index is 15.0. The van der Waals surface area contributed by atoms with E-state index in [4.69, 9.17) is 9.72 Å². The molecule has 1 aliphatic rings. The number of nitrogens with zero attached hydrogens (tertiary/aromatic N) is 4. The van der Waals surface area contributed by atoms with E-state index in [-0.39, 0.29) is 30.9 Å². The number of β-amino-alcohol motifs (C(OH)–C–C–N with tert-alkyl or cyclic N) is 1. The van der Waals surface area contributed by atoms with E-state index in [9.17, 15) is 28.6 Å². The number of ether oxygens (including phenoxy) is 1. The number of benzene rings is 2. The van der Waals surface area contributed by atoms with Gasteiger partial charge in [0.25, 0.3) is 5.91 Å². The van der Waals surface area contributed by atoms with E-state index in [1.165, 1.54) is 16.7 Å². The summed E-state index contributed by atoms with van der Waals surface area (Å²) >= 11 is 0. The van der Waals surface area contributed by atoms with Gasteiger partial charge in [0.05, 0.1) is 24.4 Å². The smallest absolute Gasteiger partial charge is 0.410 e. The Morgan fingerprint density at radius 1 is 1.07 bits per heavy atom. The Kier molecular flexibility index (Phi) is 10.0. The van der Waals surface area contributed by atoms with Crippen LogP contribution < -0.4 is 0 Å². The number of carbonyl (C=O) groups excluding carboxylic acids is 2. The van der Waals surface area contributed by atoms with Crippen LogP contribution in [0.3, 0.4) is 0 Å². The molecule has 2 amide bonds. The van der Waals surface area contributed by atoms with Gasteiger partial charge in [-0.15, -0.1) is 0 Å². The normalized spacial score (nSPS) is 18.5. The Morgan fingerprint density at radius 2 is 1.73 bits per heavy atom. The van der Waals surface area contributed by atoms with Crippen molar-refractivity contribution in [2.24, 2.45) is 11.3 Å². The number of rotatable bonds is 8. The SMILES string of the molecule is C[C@H](O)C(=O)N(C[C@@H]1CN(C(=O)OC(C)(C)C)C[C@H]1O)[C@@H](c1nc(-c2cc(F)ccc2F)cn1Cc1ccccc1)C(C)(C)C. The summed E-state index contributed by atoms with van der Waals surface area (Å²) < 4.78 is 36.6. The highest BCUT2D eigenvalue weighted by atomic mass is 19.1. The Hall–Kier alpha value is -3.83. The molecule has 1 aliphatic heterocycles. The summed E-state index contributed by atoms with van der Waals surface area (Å²) in [6.07, 6.45) is -1.26. The quantitative estimate of drug-likeness (QED) is 0.347. The van der Waals surface area contributed by atoms with Crippen LogP contribution in [0.15, 0.2) is 54.7 Å². The van der Waals surface area contributed by atoms with E-state index in [1.807, 2.05) is 55.7 Å². The summed E-state index contributed by atoms with van der Waals surface area (Å²) in [5.74, 6) is -2.01. The standard InChI is InChI=1S/C34H44F2N4O5/c1-21(41)31(43)40(18-23-17-39(20-28(23)42)32(44)45-34(5,6)7)29(33(2,3)4)30-37-27(25-15-24(35)13-14-26(25)36)19-38(30)16-22-11-9-8-10-12-22/h8-15,19,21,23,28-29,41-42H,16-18,20H2,1-7H3/t21-,23-,28+,29-/m0/s1. The molecule has 244 valence electrons. The number of hydrogen-bond acceptors (Lipinski definition) is 6. The van der Waals surface area contributed by atoms with Crippen molar-refractivity contribution in [2.45, 2.75) is 78.9 Å². The minimum absolute atomic E-state index is 0.00596. The lowest BCUT2D eigenvalue weighted by Crippen LogP contribution is -2.49. The summed E-state index contributed by atoms with van der Waals surface area (Å²) in [7, 11) is 0. The zero-order chi connectivity index (χ0) is 33.3. The molecule has 0 saturated carbocycles. The zero-order valence-electron chi connectivity index (χ0n) is 27.0. The number of amides is 2. The number of likely N-dealkylation sites (tertiary alicyclic amines) is 1. The Morgan fingerprint density at radius 3 is 2.33 bits per heavy atom. The monoisotopic (exact) mass is 626 g/mol. The Labute approximate surface area is 263 Å². The molecular weight excluding hydrogens is 582 g/mol. The minimum atomic E-state index is -1.38. The molecule has 4 atom stereocenters. The van der Waals surface area contributed by atoms with Gasteiger partial charge in [-0.05, 0) is 56.9 Å². The van der Waals surface area contributed by atoms with Gasteiger partial charge in [-0.2, -0.15) is 0 Å². The third-order valence-electron chi connectivity index (χ3n) is 7.71. The van der Waals surface area contributed by atoms with Gasteiger partial charge >= 0.3 is 6.09 Å². The van der Waals surface area contributed by atoms with Crippen LogP contribution in [-0.4, -0.2) is 79.0 Å². The van der Waals surface area contributed by atoms with Crippen LogP contribution in [-0.2, 0) is 16.1 Å². The van der Waals surface area contributed by atoms with Crippen LogP contribution in [0.2, 0.25) is 0 Å². The third-order valence-corrected chi connectivity index (χ3v) is 7.71. The van der Waals surface area contributed by atoms with Crippen molar-refractivity contribution in [3.63, 3.8) is 0 Å². The van der Waals surface area contributed by atoms with Crippen molar-refractivity contribution >= 4 is 12.0 Å². The first-order valence-corrected chi connectivity index (χ1v) is 15.2. The number of imidazole rings is 1. The Bertz CT molecular complexity index is 1500. The van der Waals surface area contributed by atoms with Gasteiger partial charge in [-0.25, -0.2) is 18.6 Å². The molecule has 1 fully saturated rings. The summed E-state index contributed by atoms with van der Waals surface area (Å²) in [6, 6.07) is 11.9. The molecule has 0 spiro atoms.